The van der Waals surface area contributed by atoms with Crippen molar-refractivity contribution >= 4 is 11.3 Å². The summed E-state index contributed by atoms with van der Waals surface area (Å²) >= 11 is 1.93. The van der Waals surface area contributed by atoms with Gasteiger partial charge in [0.05, 0.1) is 6.04 Å². The van der Waals surface area contributed by atoms with Gasteiger partial charge < -0.3 is 10.6 Å². The minimum absolute atomic E-state index is 0.386. The number of rotatable bonds is 11. The fraction of sp³-hybridized carbons (Fsp3) is 0.765. The van der Waals surface area contributed by atoms with Crippen LogP contribution >= 0.6 is 11.3 Å². The topological polar surface area (TPSA) is 32.5 Å². The van der Waals surface area contributed by atoms with Crippen molar-refractivity contribution < 1.29 is 0 Å². The molecule has 122 valence electrons. The van der Waals surface area contributed by atoms with Gasteiger partial charge in [-0.05, 0) is 51.2 Å². The Labute approximate surface area is 135 Å². The normalized spacial score (nSPS) is 13.3. The highest BCUT2D eigenvalue weighted by molar-refractivity contribution is 7.12. The molecule has 0 bridgehead atoms. The molecular weight excluding hydrogens is 278 g/mol. The van der Waals surface area contributed by atoms with E-state index in [2.05, 4.69) is 49.6 Å². The summed E-state index contributed by atoms with van der Waals surface area (Å²) in [6.07, 6.45) is 2.34. The average molecular weight is 312 g/mol. The highest BCUT2D eigenvalue weighted by Gasteiger charge is 2.19. The molecule has 1 unspecified atom stereocenters. The molecule has 0 saturated carbocycles. The van der Waals surface area contributed by atoms with E-state index >= 15 is 0 Å². The maximum Gasteiger partial charge on any atom is 0.0564 e. The Morgan fingerprint density at radius 2 is 1.76 bits per heavy atom. The maximum absolute atomic E-state index is 6.07. The highest BCUT2D eigenvalue weighted by atomic mass is 32.1. The van der Waals surface area contributed by atoms with E-state index in [9.17, 15) is 0 Å². The first-order chi connectivity index (χ1) is 10.2. The third-order valence-electron chi connectivity index (χ3n) is 4.24. The summed E-state index contributed by atoms with van der Waals surface area (Å²) < 4.78 is 0. The second-order valence-corrected chi connectivity index (χ2v) is 6.62. The quantitative estimate of drug-likeness (QED) is 0.680. The van der Waals surface area contributed by atoms with Gasteiger partial charge >= 0.3 is 0 Å². The summed E-state index contributed by atoms with van der Waals surface area (Å²) in [5.74, 6) is 0. The number of hydrogen-bond donors (Lipinski definition) is 1. The number of thiophene rings is 1. The Kier molecular flexibility index (Phi) is 9.16. The minimum atomic E-state index is 0.386. The van der Waals surface area contributed by atoms with E-state index in [1.54, 1.807) is 0 Å². The molecule has 4 heteroatoms. The molecule has 0 radical (unpaired) electrons. The molecule has 0 fully saturated rings. The van der Waals surface area contributed by atoms with Crippen LogP contribution in [0.25, 0.3) is 0 Å². The smallest absolute Gasteiger partial charge is 0.0564 e. The van der Waals surface area contributed by atoms with Crippen molar-refractivity contribution in [3.05, 3.63) is 21.9 Å². The predicted octanol–water partition coefficient (Wildman–Crippen LogP) is 3.36. The van der Waals surface area contributed by atoms with Crippen molar-refractivity contribution in [2.24, 2.45) is 5.73 Å². The standard InChI is InChI=1S/C17H33N3S/c1-5-15-10-11-17(21-15)16(14-18)20(8-4)13-9-12-19(6-2)7-3/h10-11,16H,5-9,12-14,18H2,1-4H3. The van der Waals surface area contributed by atoms with Crippen molar-refractivity contribution in [3.63, 3.8) is 0 Å². The first-order valence-electron chi connectivity index (χ1n) is 8.45. The monoisotopic (exact) mass is 311 g/mol. The Morgan fingerprint density at radius 1 is 1.05 bits per heavy atom. The molecule has 1 aromatic heterocycles. The predicted molar refractivity (Wildman–Crippen MR) is 95.1 cm³/mol. The minimum Gasteiger partial charge on any atom is -0.329 e. The van der Waals surface area contributed by atoms with E-state index in [4.69, 9.17) is 5.73 Å². The van der Waals surface area contributed by atoms with Crippen LogP contribution in [0.4, 0.5) is 0 Å². The summed E-state index contributed by atoms with van der Waals surface area (Å²) in [5, 5.41) is 0. The van der Waals surface area contributed by atoms with Crippen LogP contribution < -0.4 is 5.73 Å². The number of nitrogens with two attached hydrogens (primary N) is 1. The fourth-order valence-corrected chi connectivity index (χ4v) is 3.88. The molecule has 1 heterocycles. The lowest BCUT2D eigenvalue weighted by Gasteiger charge is -2.30. The second-order valence-electron chi connectivity index (χ2n) is 5.42. The molecule has 1 aromatic rings. The van der Waals surface area contributed by atoms with Crippen LogP contribution in [0, 0.1) is 0 Å². The van der Waals surface area contributed by atoms with Crippen LogP contribution in [-0.4, -0.2) is 49.1 Å². The third kappa shape index (κ3) is 5.70. The lowest BCUT2D eigenvalue weighted by atomic mass is 10.2. The van der Waals surface area contributed by atoms with Crippen molar-refractivity contribution in [1.82, 2.24) is 9.80 Å². The summed E-state index contributed by atoms with van der Waals surface area (Å²) in [6.45, 7) is 15.3. The first kappa shape index (κ1) is 18.6. The van der Waals surface area contributed by atoms with Gasteiger partial charge in [0.2, 0.25) is 0 Å². The molecule has 0 aliphatic rings. The van der Waals surface area contributed by atoms with Crippen molar-refractivity contribution in [3.8, 4) is 0 Å². The largest absolute Gasteiger partial charge is 0.329 e. The van der Waals surface area contributed by atoms with Gasteiger partial charge in [-0.3, -0.25) is 4.90 Å². The van der Waals surface area contributed by atoms with Crippen LogP contribution in [0.5, 0.6) is 0 Å². The number of likely N-dealkylation sites (N-methyl/N-ethyl adjacent to an activating group) is 1. The molecule has 0 amide bonds. The van der Waals surface area contributed by atoms with Gasteiger partial charge in [-0.2, -0.15) is 0 Å². The van der Waals surface area contributed by atoms with E-state index in [0.29, 0.717) is 12.6 Å². The molecule has 2 N–H and O–H groups in total. The van der Waals surface area contributed by atoms with Gasteiger partial charge in [0.1, 0.15) is 0 Å². The molecule has 0 saturated heterocycles. The van der Waals surface area contributed by atoms with Crippen LogP contribution in [0.15, 0.2) is 12.1 Å². The van der Waals surface area contributed by atoms with E-state index < -0.39 is 0 Å². The Hall–Kier alpha value is -0.420. The SMILES string of the molecule is CCc1ccc(C(CN)N(CC)CCCN(CC)CC)s1. The van der Waals surface area contributed by atoms with Crippen molar-refractivity contribution in [1.29, 1.82) is 0 Å². The molecule has 0 aliphatic heterocycles. The molecule has 0 spiro atoms. The van der Waals surface area contributed by atoms with E-state index in [0.717, 1.165) is 32.6 Å². The average Bonchev–Trinajstić information content (AvgIpc) is 2.99. The van der Waals surface area contributed by atoms with Gasteiger partial charge in [-0.15, -0.1) is 11.3 Å². The lowest BCUT2D eigenvalue weighted by Crippen LogP contribution is -2.35. The second kappa shape index (κ2) is 10.3. The summed E-state index contributed by atoms with van der Waals surface area (Å²) in [7, 11) is 0. The number of nitrogens with zero attached hydrogens (tertiary/aromatic N) is 2. The van der Waals surface area contributed by atoms with Crippen LogP contribution in [0.2, 0.25) is 0 Å². The highest BCUT2D eigenvalue weighted by Crippen LogP contribution is 2.27. The van der Waals surface area contributed by atoms with Crippen LogP contribution in [0.1, 0.15) is 49.9 Å². The zero-order chi connectivity index (χ0) is 15.7. The molecular formula is C17H33N3S. The molecule has 21 heavy (non-hydrogen) atoms. The zero-order valence-corrected chi connectivity index (χ0v) is 15.1. The lowest BCUT2D eigenvalue weighted by molar-refractivity contribution is 0.195. The summed E-state index contributed by atoms with van der Waals surface area (Å²) in [5.41, 5.74) is 6.07. The number of aryl methyl sites for hydroxylation is 1. The third-order valence-corrected chi connectivity index (χ3v) is 5.57. The van der Waals surface area contributed by atoms with Crippen LogP contribution in [0.3, 0.4) is 0 Å². The molecule has 1 atom stereocenters. The molecule has 3 nitrogen and oxygen atoms in total. The van der Waals surface area contributed by atoms with Crippen molar-refractivity contribution in [2.45, 2.75) is 46.6 Å². The fourth-order valence-electron chi connectivity index (χ4n) is 2.78. The molecule has 0 aliphatic carbocycles. The van der Waals surface area contributed by atoms with Gasteiger partial charge in [-0.25, -0.2) is 0 Å². The van der Waals surface area contributed by atoms with Gasteiger partial charge in [0.25, 0.3) is 0 Å². The van der Waals surface area contributed by atoms with Crippen molar-refractivity contribution in [2.75, 3.05) is 39.3 Å². The van der Waals surface area contributed by atoms with Gasteiger partial charge in [0, 0.05) is 22.8 Å². The molecule has 0 aromatic carbocycles. The van der Waals surface area contributed by atoms with E-state index in [-0.39, 0.29) is 0 Å². The Bertz CT molecular complexity index is 374. The maximum atomic E-state index is 6.07. The van der Waals surface area contributed by atoms with Gasteiger partial charge in [0.15, 0.2) is 0 Å². The van der Waals surface area contributed by atoms with Gasteiger partial charge in [-0.1, -0.05) is 27.7 Å². The summed E-state index contributed by atoms with van der Waals surface area (Å²) in [4.78, 5) is 7.92. The molecule has 1 rings (SSSR count). The Balaban J connectivity index is 2.58. The Morgan fingerprint density at radius 3 is 2.24 bits per heavy atom. The number of hydrogen-bond acceptors (Lipinski definition) is 4. The zero-order valence-electron chi connectivity index (χ0n) is 14.3. The summed E-state index contributed by atoms with van der Waals surface area (Å²) in [6, 6.07) is 4.91. The van der Waals surface area contributed by atoms with E-state index in [1.165, 1.54) is 22.7 Å². The van der Waals surface area contributed by atoms with Crippen LogP contribution in [-0.2, 0) is 6.42 Å². The first-order valence-corrected chi connectivity index (χ1v) is 9.26. The van der Waals surface area contributed by atoms with E-state index in [1.807, 2.05) is 11.3 Å².